The van der Waals surface area contributed by atoms with Gasteiger partial charge in [0.1, 0.15) is 12.1 Å². The monoisotopic (exact) mass is 707 g/mol. The fourth-order valence-corrected chi connectivity index (χ4v) is 5.35. The fraction of sp³-hybridized carbons (Fsp3) is 0.447. The highest BCUT2D eigenvalue weighted by Crippen LogP contribution is 2.23. The summed E-state index contributed by atoms with van der Waals surface area (Å²) in [5.74, 6) is -1.26. The van der Waals surface area contributed by atoms with Crippen LogP contribution in [0, 0.1) is 10.8 Å². The molecule has 2 aromatic carbocycles. The van der Waals surface area contributed by atoms with Crippen molar-refractivity contribution in [1.29, 1.82) is 0 Å². The van der Waals surface area contributed by atoms with Crippen molar-refractivity contribution in [2.45, 2.75) is 78.7 Å². The Morgan fingerprint density at radius 1 is 0.784 bits per heavy atom. The Kier molecular flexibility index (Phi) is 12.8. The van der Waals surface area contributed by atoms with Gasteiger partial charge in [-0.1, -0.05) is 102 Å². The maximum absolute atomic E-state index is 13.9. The number of alkyl carbamates (subject to hydrolysis) is 2. The van der Waals surface area contributed by atoms with Gasteiger partial charge in [-0.2, -0.15) is 0 Å². The van der Waals surface area contributed by atoms with Gasteiger partial charge in [0.05, 0.1) is 36.1 Å². The van der Waals surface area contributed by atoms with Gasteiger partial charge >= 0.3 is 12.2 Å². The highest BCUT2D eigenvalue weighted by molar-refractivity contribution is 5.87. The molecule has 276 valence electrons. The molecule has 0 bridgehead atoms. The van der Waals surface area contributed by atoms with Gasteiger partial charge in [-0.05, 0) is 40.5 Å². The molecule has 4 atom stereocenters. The van der Waals surface area contributed by atoms with Gasteiger partial charge in [-0.15, -0.1) is 0 Å². The van der Waals surface area contributed by atoms with Crippen LogP contribution in [0.15, 0.2) is 79.0 Å². The summed E-state index contributed by atoms with van der Waals surface area (Å²) in [5.41, 5.74) is 4.41. The van der Waals surface area contributed by atoms with E-state index in [2.05, 4.69) is 31.1 Å². The Labute approximate surface area is 304 Å². The zero-order chi connectivity index (χ0) is 40.3. The number of hydrogen-bond acceptors (Lipinski definition) is 9. The molecular formula is C38H52N6O7. The predicted molar refractivity (Wildman–Crippen MR) is 194 cm³/mol. The summed E-state index contributed by atoms with van der Waals surface area (Å²) < 4.78 is 31.0. The van der Waals surface area contributed by atoms with Crippen LogP contribution in [0.4, 0.5) is 9.59 Å². The Morgan fingerprint density at radius 3 is 1.92 bits per heavy atom. The van der Waals surface area contributed by atoms with Crippen LogP contribution >= 0.6 is 0 Å². The van der Waals surface area contributed by atoms with E-state index in [1.165, 1.54) is 12.1 Å². The van der Waals surface area contributed by atoms with Crippen LogP contribution in [-0.4, -0.2) is 84.0 Å². The smallest absolute Gasteiger partial charge is 0.407 e. The van der Waals surface area contributed by atoms with Crippen LogP contribution in [0.1, 0.15) is 56.8 Å². The van der Waals surface area contributed by atoms with Crippen LogP contribution in [0.5, 0.6) is 0 Å². The molecule has 1 heterocycles. The zero-order valence-corrected chi connectivity index (χ0v) is 30.2. The lowest BCUT2D eigenvalue weighted by atomic mass is 9.85. The lowest BCUT2D eigenvalue weighted by molar-refractivity contribution is -0.132. The molecule has 0 spiro atoms. The first-order chi connectivity index (χ1) is 25.2. The molecule has 0 unspecified atom stereocenters. The molecular weight excluding hydrogens is 652 g/mol. The number of carbonyl (C=O) groups excluding carboxylic acids is 4. The molecule has 0 aliphatic heterocycles. The summed E-state index contributed by atoms with van der Waals surface area (Å²) in [5, 5.41) is 21.2. The van der Waals surface area contributed by atoms with E-state index in [-0.39, 0.29) is 19.5 Å². The Morgan fingerprint density at radius 2 is 1.37 bits per heavy atom. The van der Waals surface area contributed by atoms with Gasteiger partial charge in [0.25, 0.3) is 5.91 Å². The molecule has 4 amide bonds. The molecule has 0 radical (unpaired) electrons. The minimum Gasteiger partial charge on any atom is -0.453 e. The molecule has 0 aliphatic rings. The van der Waals surface area contributed by atoms with Crippen molar-refractivity contribution < 1.29 is 37.9 Å². The first-order valence-corrected chi connectivity index (χ1v) is 16.6. The summed E-state index contributed by atoms with van der Waals surface area (Å²) in [6, 6.07) is 18.9. The molecule has 51 heavy (non-hydrogen) atoms. The highest BCUT2D eigenvalue weighted by Gasteiger charge is 2.37. The highest BCUT2D eigenvalue weighted by atomic mass is 16.5. The topological polar surface area (TPSA) is 171 Å². The van der Waals surface area contributed by atoms with Gasteiger partial charge in [-0.25, -0.2) is 14.6 Å². The number of ether oxygens (including phenoxy) is 2. The minimum absolute atomic E-state index is 0.111. The van der Waals surface area contributed by atoms with Crippen LogP contribution < -0.4 is 21.4 Å². The van der Waals surface area contributed by atoms with Gasteiger partial charge < -0.3 is 30.5 Å². The summed E-state index contributed by atoms with van der Waals surface area (Å²) in [6.07, 6.45) is -1.57. The second kappa shape index (κ2) is 18.3. The number of aliphatic hydroxyl groups excluding tert-OH is 1. The second-order valence-corrected chi connectivity index (χ2v) is 14.4. The van der Waals surface area contributed by atoms with Gasteiger partial charge in [0, 0.05) is 24.8 Å². The van der Waals surface area contributed by atoms with Gasteiger partial charge in [0.2, 0.25) is 5.91 Å². The third kappa shape index (κ3) is 12.7. The molecule has 3 rings (SSSR count). The van der Waals surface area contributed by atoms with E-state index in [4.69, 9.17) is 8.85 Å². The lowest BCUT2D eigenvalue weighted by Crippen LogP contribution is -2.60. The molecule has 0 saturated heterocycles. The number of aliphatic hydroxyl groups is 1. The van der Waals surface area contributed by atoms with Crippen molar-refractivity contribution in [3.63, 3.8) is 0 Å². The quantitative estimate of drug-likeness (QED) is 0.154. The van der Waals surface area contributed by atoms with Crippen LogP contribution in [0.25, 0.3) is 11.3 Å². The predicted octanol–water partition coefficient (Wildman–Crippen LogP) is 4.21. The van der Waals surface area contributed by atoms with Gasteiger partial charge in [0.15, 0.2) is 0 Å². The molecule has 0 saturated carbocycles. The number of nitrogens with zero attached hydrogens (tertiary/aromatic N) is 2. The number of hydrazine groups is 1. The Balaban J connectivity index is 1.96. The van der Waals surface area contributed by atoms with E-state index in [1.54, 1.807) is 47.7 Å². The Bertz CT molecular complexity index is 1680. The number of amides is 4. The number of nitrogens with one attached hydrogen (secondary N) is 4. The van der Waals surface area contributed by atoms with E-state index in [0.29, 0.717) is 0 Å². The van der Waals surface area contributed by atoms with Crippen molar-refractivity contribution in [2.75, 3.05) is 20.7 Å². The maximum Gasteiger partial charge on any atom is 0.407 e. The SMILES string of the molecule is [2H]C([2H])([2H])OC(=O)N[C@H](C(=O)N[C@@H](Cc1ccccc1)[C@@H](O)CN(Cc1ccc(-c2ccccn2)cc1)NC(=O)[C@@H](NC(=O)OC)C(C)(C)C)C(C)(C)C. The number of benzene rings is 2. The van der Waals surface area contributed by atoms with Crippen LogP contribution in [0.2, 0.25) is 0 Å². The first-order valence-electron chi connectivity index (χ1n) is 18.1. The number of aromatic nitrogens is 1. The largest absolute Gasteiger partial charge is 0.453 e. The summed E-state index contributed by atoms with van der Waals surface area (Å²) in [6.45, 7) is 10.3. The van der Waals surface area contributed by atoms with Crippen molar-refractivity contribution >= 4 is 24.0 Å². The number of rotatable bonds is 14. The lowest BCUT2D eigenvalue weighted by Gasteiger charge is -2.35. The van der Waals surface area contributed by atoms with Crippen LogP contribution in [0.3, 0.4) is 0 Å². The number of hydrogen-bond donors (Lipinski definition) is 5. The minimum atomic E-state index is -3.03. The molecule has 3 aromatic rings. The molecule has 5 N–H and O–H groups in total. The third-order valence-corrected chi connectivity index (χ3v) is 8.11. The van der Waals surface area contributed by atoms with Crippen molar-refractivity contribution in [2.24, 2.45) is 10.8 Å². The van der Waals surface area contributed by atoms with Crippen LogP contribution in [-0.2, 0) is 32.0 Å². The second-order valence-electron chi connectivity index (χ2n) is 14.4. The van der Waals surface area contributed by atoms with E-state index in [0.717, 1.165) is 22.4 Å². The number of methoxy groups -OCH3 is 2. The maximum atomic E-state index is 13.9. The third-order valence-electron chi connectivity index (χ3n) is 8.11. The van der Waals surface area contributed by atoms with E-state index >= 15 is 0 Å². The standard InChI is InChI=1S/C38H52N6O7/c1-37(2,3)31(41-35(48)50-7)33(46)40-29(22-25-14-10-9-11-15-25)30(45)24-44(43-34(47)32(38(4,5)6)42-36(49)51-8)23-26-17-19-27(20-18-26)28-16-12-13-21-39-28/h9-21,29-32,45H,22-24H2,1-8H3,(H,40,46)(H,41,48)(H,42,49)(H,43,47)/t29-,30-,31+,32+/m0/s1/i7D3. The Hall–Kier alpha value is -5.01. The van der Waals surface area contributed by atoms with E-state index in [9.17, 15) is 24.3 Å². The van der Waals surface area contributed by atoms with E-state index in [1.807, 2.05) is 72.8 Å². The first kappa shape index (κ1) is 35.8. The molecule has 0 fully saturated rings. The fourth-order valence-electron chi connectivity index (χ4n) is 5.35. The number of carbonyl (C=O) groups is 4. The average molecular weight is 708 g/mol. The molecule has 0 aliphatic carbocycles. The van der Waals surface area contributed by atoms with Gasteiger partial charge in [-0.3, -0.25) is 20.0 Å². The van der Waals surface area contributed by atoms with Crippen molar-refractivity contribution in [1.82, 2.24) is 31.4 Å². The summed E-state index contributed by atoms with van der Waals surface area (Å²) in [4.78, 5) is 56.8. The summed E-state index contributed by atoms with van der Waals surface area (Å²) >= 11 is 0. The number of pyridine rings is 1. The normalized spacial score (nSPS) is 15.1. The van der Waals surface area contributed by atoms with Crippen molar-refractivity contribution in [3.8, 4) is 11.3 Å². The molecule has 13 nitrogen and oxygen atoms in total. The molecule has 13 heteroatoms. The summed E-state index contributed by atoms with van der Waals surface area (Å²) in [7, 11) is -1.83. The van der Waals surface area contributed by atoms with E-state index < -0.39 is 66.1 Å². The molecule has 1 aromatic heterocycles. The zero-order valence-electron chi connectivity index (χ0n) is 33.2. The van der Waals surface area contributed by atoms with Crippen molar-refractivity contribution in [3.05, 3.63) is 90.1 Å². The average Bonchev–Trinajstić information content (AvgIpc) is 3.08.